The third-order valence-electron chi connectivity index (χ3n) is 4.68. The lowest BCUT2D eigenvalue weighted by Gasteiger charge is -2.05. The number of carbonyl (C=O) groups excluding carboxylic acids is 1. The summed E-state index contributed by atoms with van der Waals surface area (Å²) in [6, 6.07) is 15.1. The average molecular weight is 481 g/mol. The van der Waals surface area contributed by atoms with Gasteiger partial charge in [0.1, 0.15) is 16.9 Å². The number of aromatic nitrogens is 3. The van der Waals surface area contributed by atoms with Crippen molar-refractivity contribution in [2.75, 3.05) is 26.0 Å². The van der Waals surface area contributed by atoms with Gasteiger partial charge in [-0.2, -0.15) is 9.78 Å². The van der Waals surface area contributed by atoms with E-state index in [0.29, 0.717) is 41.8 Å². The van der Waals surface area contributed by atoms with Crippen LogP contribution in [0.5, 0.6) is 0 Å². The smallest absolute Gasteiger partial charge is 0.257 e. The number of amides is 1. The highest BCUT2D eigenvalue weighted by molar-refractivity contribution is 9.10. The van der Waals surface area contributed by atoms with Gasteiger partial charge >= 0.3 is 0 Å². The molecule has 31 heavy (non-hydrogen) atoms. The first-order valence-electron chi connectivity index (χ1n) is 9.72. The molecule has 4 aromatic rings. The number of methoxy groups -OCH3 is 1. The van der Waals surface area contributed by atoms with Crippen molar-refractivity contribution in [2.24, 2.45) is 5.10 Å². The minimum absolute atomic E-state index is 0.181. The molecule has 8 nitrogen and oxygen atoms in total. The monoisotopic (exact) mass is 480 g/mol. The summed E-state index contributed by atoms with van der Waals surface area (Å²) in [5.41, 5.74) is 9.71. The lowest BCUT2D eigenvalue weighted by atomic mass is 10.2. The van der Waals surface area contributed by atoms with Gasteiger partial charge in [-0.05, 0) is 36.2 Å². The Bertz CT molecular complexity index is 1280. The van der Waals surface area contributed by atoms with E-state index in [4.69, 9.17) is 10.5 Å². The Balaban J connectivity index is 1.81. The Labute approximate surface area is 187 Å². The van der Waals surface area contributed by atoms with Gasteiger partial charge in [-0.25, -0.2) is 9.97 Å². The average Bonchev–Trinajstić information content (AvgIpc) is 3.04. The summed E-state index contributed by atoms with van der Waals surface area (Å²) in [6.45, 7) is 1.01. The Morgan fingerprint density at radius 1 is 1.23 bits per heavy atom. The Morgan fingerprint density at radius 2 is 2.00 bits per heavy atom. The van der Waals surface area contributed by atoms with E-state index < -0.39 is 0 Å². The zero-order valence-electron chi connectivity index (χ0n) is 16.9. The summed E-state index contributed by atoms with van der Waals surface area (Å²) >= 11 is 3.45. The number of rotatable bonds is 7. The number of para-hydroxylation sites is 2. The molecule has 2 aromatic carbocycles. The normalized spacial score (nSPS) is 11.5. The van der Waals surface area contributed by atoms with Crippen LogP contribution in [0.25, 0.3) is 22.2 Å². The van der Waals surface area contributed by atoms with Crippen molar-refractivity contribution in [3.63, 3.8) is 0 Å². The van der Waals surface area contributed by atoms with Gasteiger partial charge in [-0.1, -0.05) is 40.2 Å². The molecule has 0 bridgehead atoms. The van der Waals surface area contributed by atoms with E-state index in [2.05, 4.69) is 36.3 Å². The molecule has 9 heteroatoms. The Hall–Kier alpha value is -3.30. The fourth-order valence-corrected chi connectivity index (χ4v) is 3.62. The van der Waals surface area contributed by atoms with E-state index in [0.717, 1.165) is 10.0 Å². The first-order valence-corrected chi connectivity index (χ1v) is 10.5. The SMILES string of the molecule is COCCCNC(=O)c1c(N)n(N=Cc2cccc(Br)c2)c2nc3ccccc3nc12. The van der Waals surface area contributed by atoms with Crippen LogP contribution in [0.15, 0.2) is 58.1 Å². The third kappa shape index (κ3) is 4.42. The molecule has 2 aromatic heterocycles. The van der Waals surface area contributed by atoms with E-state index in [1.54, 1.807) is 13.3 Å². The molecule has 0 unspecified atom stereocenters. The van der Waals surface area contributed by atoms with E-state index in [1.165, 1.54) is 4.68 Å². The van der Waals surface area contributed by atoms with Gasteiger partial charge in [-0.15, -0.1) is 0 Å². The zero-order valence-corrected chi connectivity index (χ0v) is 18.5. The lowest BCUT2D eigenvalue weighted by Crippen LogP contribution is -2.26. The number of fused-ring (bicyclic) bond motifs is 2. The quantitative estimate of drug-likeness (QED) is 0.310. The molecule has 0 aliphatic heterocycles. The van der Waals surface area contributed by atoms with Crippen LogP contribution in [0.4, 0.5) is 5.82 Å². The molecule has 2 heterocycles. The molecule has 158 valence electrons. The molecule has 0 aliphatic carbocycles. The number of nitrogens with zero attached hydrogens (tertiary/aromatic N) is 4. The summed E-state index contributed by atoms with van der Waals surface area (Å²) in [4.78, 5) is 22.3. The summed E-state index contributed by atoms with van der Waals surface area (Å²) < 4.78 is 7.43. The van der Waals surface area contributed by atoms with Gasteiger partial charge in [0.05, 0.1) is 17.2 Å². The van der Waals surface area contributed by atoms with E-state index in [-0.39, 0.29) is 17.3 Å². The molecule has 3 N–H and O–H groups in total. The van der Waals surface area contributed by atoms with Crippen LogP contribution in [0.2, 0.25) is 0 Å². The van der Waals surface area contributed by atoms with Crippen LogP contribution in [-0.2, 0) is 4.74 Å². The largest absolute Gasteiger partial charge is 0.385 e. The lowest BCUT2D eigenvalue weighted by molar-refractivity contribution is 0.0951. The molecular formula is C22H21BrN6O2. The highest BCUT2D eigenvalue weighted by Gasteiger charge is 2.23. The van der Waals surface area contributed by atoms with Gasteiger partial charge in [0.2, 0.25) is 0 Å². The predicted octanol–water partition coefficient (Wildman–Crippen LogP) is 3.58. The molecule has 0 aliphatic rings. The molecule has 0 saturated carbocycles. The van der Waals surface area contributed by atoms with Crippen molar-refractivity contribution in [3.05, 3.63) is 64.1 Å². The number of hydrogen-bond acceptors (Lipinski definition) is 6. The Morgan fingerprint density at radius 3 is 2.74 bits per heavy atom. The summed E-state index contributed by atoms with van der Waals surface area (Å²) in [5.74, 6) is -0.139. The highest BCUT2D eigenvalue weighted by atomic mass is 79.9. The van der Waals surface area contributed by atoms with Crippen molar-refractivity contribution in [3.8, 4) is 0 Å². The van der Waals surface area contributed by atoms with Crippen molar-refractivity contribution < 1.29 is 9.53 Å². The van der Waals surface area contributed by atoms with Crippen molar-refractivity contribution in [2.45, 2.75) is 6.42 Å². The number of halogens is 1. The highest BCUT2D eigenvalue weighted by Crippen LogP contribution is 2.27. The van der Waals surface area contributed by atoms with Gasteiger partial charge < -0.3 is 15.8 Å². The van der Waals surface area contributed by atoms with Crippen molar-refractivity contribution in [1.82, 2.24) is 20.0 Å². The number of benzene rings is 2. The summed E-state index contributed by atoms with van der Waals surface area (Å²) in [6.07, 6.45) is 2.36. The number of nitrogens with two attached hydrogens (primary N) is 1. The van der Waals surface area contributed by atoms with E-state index >= 15 is 0 Å². The van der Waals surface area contributed by atoms with Crippen LogP contribution in [0, 0.1) is 0 Å². The maximum absolute atomic E-state index is 12.9. The number of nitrogens with one attached hydrogen (secondary N) is 1. The topological polar surface area (TPSA) is 107 Å². The first kappa shape index (κ1) is 21.0. The molecule has 0 fully saturated rings. The second-order valence-electron chi connectivity index (χ2n) is 6.86. The standard InChI is InChI=1S/C22H21BrN6O2/c1-31-11-5-10-25-22(30)18-19-21(28-17-9-3-2-8-16(17)27-19)29(20(18)24)26-13-14-6-4-7-15(23)12-14/h2-4,6-9,12-13H,5,10-11,24H2,1H3,(H,25,30). The van der Waals surface area contributed by atoms with E-state index in [9.17, 15) is 4.79 Å². The van der Waals surface area contributed by atoms with Gasteiger partial charge in [-0.3, -0.25) is 4.79 Å². The molecule has 0 radical (unpaired) electrons. The molecule has 0 atom stereocenters. The number of nitrogen functional groups attached to an aromatic ring is 1. The fourth-order valence-electron chi connectivity index (χ4n) is 3.21. The Kier molecular flexibility index (Phi) is 6.24. The first-order chi connectivity index (χ1) is 15.1. The second kappa shape index (κ2) is 9.23. The maximum atomic E-state index is 12.9. The van der Waals surface area contributed by atoms with Crippen LogP contribution < -0.4 is 11.1 Å². The number of carbonyl (C=O) groups is 1. The van der Waals surface area contributed by atoms with Crippen molar-refractivity contribution >= 4 is 56.1 Å². The maximum Gasteiger partial charge on any atom is 0.257 e. The third-order valence-corrected chi connectivity index (χ3v) is 5.18. The minimum atomic E-state index is -0.320. The zero-order chi connectivity index (χ0) is 21.8. The molecule has 0 saturated heterocycles. The van der Waals surface area contributed by atoms with Crippen LogP contribution in [0.1, 0.15) is 22.3 Å². The van der Waals surface area contributed by atoms with Gasteiger partial charge in [0.25, 0.3) is 5.91 Å². The van der Waals surface area contributed by atoms with Crippen molar-refractivity contribution in [1.29, 1.82) is 0 Å². The van der Waals surface area contributed by atoms with Gasteiger partial charge in [0.15, 0.2) is 5.65 Å². The predicted molar refractivity (Wildman–Crippen MR) is 125 cm³/mol. The molecule has 4 rings (SSSR count). The van der Waals surface area contributed by atoms with Crippen LogP contribution >= 0.6 is 15.9 Å². The summed E-state index contributed by atoms with van der Waals surface area (Å²) in [7, 11) is 1.62. The number of anilines is 1. The molecular weight excluding hydrogens is 460 g/mol. The van der Waals surface area contributed by atoms with Gasteiger partial charge in [0, 0.05) is 24.7 Å². The second-order valence-corrected chi connectivity index (χ2v) is 7.77. The fraction of sp³-hybridized carbons (Fsp3) is 0.182. The van der Waals surface area contributed by atoms with E-state index in [1.807, 2.05) is 48.5 Å². The summed E-state index contributed by atoms with van der Waals surface area (Å²) in [5, 5.41) is 7.38. The van der Waals surface area contributed by atoms with Crippen LogP contribution in [0.3, 0.4) is 0 Å². The van der Waals surface area contributed by atoms with Crippen LogP contribution in [-0.4, -0.2) is 47.0 Å². The molecule has 0 spiro atoms. The number of hydrogen-bond donors (Lipinski definition) is 2. The number of ether oxygens (including phenoxy) is 1. The molecule has 1 amide bonds. The minimum Gasteiger partial charge on any atom is -0.385 e.